The maximum Gasteiger partial charge on any atom is 0.406 e. The Morgan fingerprint density at radius 1 is 1.59 bits per heavy atom. The van der Waals surface area contributed by atoms with Gasteiger partial charge in [0.15, 0.2) is 5.69 Å². The van der Waals surface area contributed by atoms with E-state index in [0.29, 0.717) is 4.90 Å². The molecular weight excluding hydrogens is 237 g/mol. The molecule has 96 valence electrons. The molecule has 0 unspecified atom stereocenters. The molecule has 1 rings (SSSR count). The van der Waals surface area contributed by atoms with E-state index in [9.17, 15) is 18.0 Å². The van der Waals surface area contributed by atoms with Gasteiger partial charge in [-0.05, 0) is 6.92 Å². The Hall–Kier alpha value is -1.73. The van der Waals surface area contributed by atoms with Crippen molar-refractivity contribution in [3.8, 4) is 0 Å². The number of nitrogens with zero attached hydrogens (tertiary/aromatic N) is 3. The molecule has 0 saturated heterocycles. The van der Waals surface area contributed by atoms with Gasteiger partial charge in [0, 0.05) is 19.8 Å². The van der Waals surface area contributed by atoms with E-state index < -0.39 is 18.6 Å². The highest BCUT2D eigenvalue weighted by atomic mass is 19.4. The van der Waals surface area contributed by atoms with Gasteiger partial charge in [-0.3, -0.25) is 9.48 Å². The minimum absolute atomic E-state index is 0.0612. The molecule has 1 aromatic heterocycles. The lowest BCUT2D eigenvalue weighted by Crippen LogP contribution is -2.39. The molecule has 17 heavy (non-hydrogen) atoms. The fourth-order valence-electron chi connectivity index (χ4n) is 1.37. The lowest BCUT2D eigenvalue weighted by Gasteiger charge is -2.21. The zero-order chi connectivity index (χ0) is 13.2. The number of amides is 1. The average Bonchev–Trinajstić information content (AvgIpc) is 2.52. The summed E-state index contributed by atoms with van der Waals surface area (Å²) in [6.45, 7) is 0.0927. The average molecular weight is 250 g/mol. The molecule has 0 fully saturated rings. The number of carbonyl (C=O) groups excluding carboxylic acids is 1. The maximum atomic E-state index is 12.2. The number of rotatable bonds is 3. The van der Waals surface area contributed by atoms with Gasteiger partial charge >= 0.3 is 6.18 Å². The predicted octanol–water partition coefficient (Wildman–Crippen LogP) is 1.03. The van der Waals surface area contributed by atoms with E-state index in [0.717, 1.165) is 0 Å². The summed E-state index contributed by atoms with van der Waals surface area (Å²) < 4.78 is 38.0. The largest absolute Gasteiger partial charge is 0.406 e. The van der Waals surface area contributed by atoms with E-state index in [2.05, 4.69) is 5.10 Å². The molecule has 1 aromatic rings. The van der Waals surface area contributed by atoms with Crippen LogP contribution in [0.25, 0.3) is 0 Å². The van der Waals surface area contributed by atoms with Crippen LogP contribution in [0.3, 0.4) is 0 Å². The number of hydrogen-bond acceptors (Lipinski definition) is 3. The number of alkyl halides is 3. The summed E-state index contributed by atoms with van der Waals surface area (Å²) in [4.78, 5) is 12.4. The first kappa shape index (κ1) is 13.3. The summed E-state index contributed by atoms with van der Waals surface area (Å²) in [6, 6.07) is 0. The quantitative estimate of drug-likeness (QED) is 0.871. The number of nitrogen functional groups attached to an aromatic ring is 1. The monoisotopic (exact) mass is 250 g/mol. The number of aryl methyl sites for hydroxylation is 1. The van der Waals surface area contributed by atoms with Gasteiger partial charge in [0.05, 0.1) is 5.69 Å². The molecule has 0 aliphatic carbocycles. The van der Waals surface area contributed by atoms with Gasteiger partial charge in [0.1, 0.15) is 6.54 Å². The molecule has 2 N–H and O–H groups in total. The Kier molecular flexibility index (Phi) is 3.64. The molecule has 0 aliphatic rings. The Morgan fingerprint density at radius 3 is 2.53 bits per heavy atom. The second kappa shape index (κ2) is 4.64. The van der Waals surface area contributed by atoms with Crippen molar-refractivity contribution in [2.75, 3.05) is 18.8 Å². The van der Waals surface area contributed by atoms with Crippen LogP contribution in [-0.4, -0.2) is 39.9 Å². The van der Waals surface area contributed by atoms with Crippen molar-refractivity contribution < 1.29 is 18.0 Å². The molecule has 0 aromatic carbocycles. The highest BCUT2D eigenvalue weighted by Gasteiger charge is 2.33. The zero-order valence-electron chi connectivity index (χ0n) is 9.45. The fourth-order valence-corrected chi connectivity index (χ4v) is 1.37. The zero-order valence-corrected chi connectivity index (χ0v) is 9.45. The van der Waals surface area contributed by atoms with E-state index in [-0.39, 0.29) is 17.9 Å². The van der Waals surface area contributed by atoms with E-state index in [4.69, 9.17) is 5.73 Å². The normalized spacial score (nSPS) is 11.6. The van der Waals surface area contributed by atoms with E-state index >= 15 is 0 Å². The molecule has 1 heterocycles. The van der Waals surface area contributed by atoms with Crippen LogP contribution in [0.5, 0.6) is 0 Å². The van der Waals surface area contributed by atoms with Crippen molar-refractivity contribution in [1.29, 1.82) is 0 Å². The molecule has 1 amide bonds. The van der Waals surface area contributed by atoms with Gasteiger partial charge in [0.25, 0.3) is 5.91 Å². The molecule has 0 radical (unpaired) electrons. The van der Waals surface area contributed by atoms with Crippen LogP contribution in [0.2, 0.25) is 0 Å². The summed E-state index contributed by atoms with van der Waals surface area (Å²) in [6.07, 6.45) is -3.07. The third kappa shape index (κ3) is 3.36. The highest BCUT2D eigenvalue weighted by molar-refractivity contribution is 5.97. The third-order valence-corrected chi connectivity index (χ3v) is 2.10. The van der Waals surface area contributed by atoms with Gasteiger partial charge in [-0.1, -0.05) is 0 Å². The van der Waals surface area contributed by atoms with Crippen molar-refractivity contribution in [2.24, 2.45) is 7.05 Å². The van der Waals surface area contributed by atoms with Crippen molar-refractivity contribution in [1.82, 2.24) is 14.7 Å². The number of anilines is 1. The highest BCUT2D eigenvalue weighted by Crippen LogP contribution is 2.19. The van der Waals surface area contributed by atoms with Gasteiger partial charge < -0.3 is 10.6 Å². The van der Waals surface area contributed by atoms with Crippen molar-refractivity contribution in [3.63, 3.8) is 0 Å². The second-order valence-corrected chi connectivity index (χ2v) is 3.54. The summed E-state index contributed by atoms with van der Waals surface area (Å²) in [5, 5.41) is 3.74. The SMILES string of the molecule is CCN(CC(F)(F)F)C(=O)c1nn(C)cc1N. The lowest BCUT2D eigenvalue weighted by molar-refractivity contribution is -0.140. The first-order valence-electron chi connectivity index (χ1n) is 4.89. The van der Waals surface area contributed by atoms with Crippen molar-refractivity contribution in [3.05, 3.63) is 11.9 Å². The smallest absolute Gasteiger partial charge is 0.396 e. The first-order chi connectivity index (χ1) is 7.74. The molecule has 0 spiro atoms. The number of aromatic nitrogens is 2. The van der Waals surface area contributed by atoms with Gasteiger partial charge in [-0.2, -0.15) is 18.3 Å². The van der Waals surface area contributed by atoms with Crippen LogP contribution in [0, 0.1) is 0 Å². The van der Waals surface area contributed by atoms with Crippen LogP contribution >= 0.6 is 0 Å². The topological polar surface area (TPSA) is 64.2 Å². The van der Waals surface area contributed by atoms with Gasteiger partial charge in [-0.25, -0.2) is 0 Å². The van der Waals surface area contributed by atoms with Crippen LogP contribution in [0.4, 0.5) is 18.9 Å². The van der Waals surface area contributed by atoms with Crippen LogP contribution in [-0.2, 0) is 7.05 Å². The maximum absolute atomic E-state index is 12.2. The molecule has 0 atom stereocenters. The molecule has 0 saturated carbocycles. The molecule has 0 aliphatic heterocycles. The van der Waals surface area contributed by atoms with E-state index in [1.807, 2.05) is 0 Å². The third-order valence-electron chi connectivity index (χ3n) is 2.10. The lowest BCUT2D eigenvalue weighted by atomic mass is 10.3. The van der Waals surface area contributed by atoms with Crippen molar-refractivity contribution in [2.45, 2.75) is 13.1 Å². The number of carbonyl (C=O) groups is 1. The van der Waals surface area contributed by atoms with E-state index in [1.54, 1.807) is 0 Å². The number of halogens is 3. The van der Waals surface area contributed by atoms with E-state index in [1.165, 1.54) is 24.9 Å². The van der Waals surface area contributed by atoms with Crippen LogP contribution < -0.4 is 5.73 Å². The predicted molar refractivity (Wildman–Crippen MR) is 55.3 cm³/mol. The molecule has 8 heteroatoms. The first-order valence-corrected chi connectivity index (χ1v) is 4.89. The number of hydrogen-bond donors (Lipinski definition) is 1. The molecule has 0 bridgehead atoms. The minimum Gasteiger partial charge on any atom is -0.396 e. The Labute approximate surface area is 96.0 Å². The molecular formula is C9H13F3N4O. The summed E-state index contributed by atoms with van der Waals surface area (Å²) in [7, 11) is 1.53. The summed E-state index contributed by atoms with van der Waals surface area (Å²) in [5.41, 5.74) is 5.40. The number of nitrogens with two attached hydrogens (primary N) is 1. The molecule has 5 nitrogen and oxygen atoms in total. The summed E-state index contributed by atoms with van der Waals surface area (Å²) >= 11 is 0. The van der Waals surface area contributed by atoms with Gasteiger partial charge in [0.2, 0.25) is 0 Å². The van der Waals surface area contributed by atoms with Crippen molar-refractivity contribution >= 4 is 11.6 Å². The standard InChI is InChI=1S/C9H13F3N4O/c1-3-16(5-9(10,11)12)8(17)7-6(13)4-15(2)14-7/h4H,3,5,13H2,1-2H3. The second-order valence-electron chi connectivity index (χ2n) is 3.54. The van der Waals surface area contributed by atoms with Gasteiger partial charge in [-0.15, -0.1) is 0 Å². The minimum atomic E-state index is -4.44. The van der Waals surface area contributed by atoms with Crippen LogP contribution in [0.1, 0.15) is 17.4 Å². The van der Waals surface area contributed by atoms with Crippen LogP contribution in [0.15, 0.2) is 6.20 Å². The summed E-state index contributed by atoms with van der Waals surface area (Å²) in [5.74, 6) is -0.817. The Balaban J connectivity index is 2.90. The Morgan fingerprint density at radius 2 is 2.18 bits per heavy atom. The fraction of sp³-hybridized carbons (Fsp3) is 0.556. The Bertz CT molecular complexity index is 413.